The van der Waals surface area contributed by atoms with Gasteiger partial charge in [-0.3, -0.25) is 0 Å². The van der Waals surface area contributed by atoms with E-state index >= 15 is 0 Å². The molecule has 1 aliphatic carbocycles. The van der Waals surface area contributed by atoms with Crippen molar-refractivity contribution in [1.29, 1.82) is 0 Å². The summed E-state index contributed by atoms with van der Waals surface area (Å²) in [4.78, 5) is 4.13. The molecule has 0 saturated heterocycles. The summed E-state index contributed by atoms with van der Waals surface area (Å²) in [6, 6.07) is 0. The van der Waals surface area contributed by atoms with Gasteiger partial charge in [0.25, 0.3) is 0 Å². The van der Waals surface area contributed by atoms with E-state index in [4.69, 9.17) is 0 Å². The fraction of sp³-hybridized carbons (Fsp3) is 0.800. The van der Waals surface area contributed by atoms with Crippen molar-refractivity contribution in [1.82, 2.24) is 4.98 Å². The van der Waals surface area contributed by atoms with Gasteiger partial charge in [-0.1, -0.05) is 59.8 Å². The molecule has 1 heterocycles. The number of hydrogen-bond donors (Lipinski definition) is 0. The van der Waals surface area contributed by atoms with Crippen molar-refractivity contribution >= 4 is 11.3 Å². The molecule has 1 saturated carbocycles. The molecule has 1 aliphatic rings. The van der Waals surface area contributed by atoms with Crippen LogP contribution in [0, 0.1) is 11.8 Å². The maximum atomic E-state index is 4.13. The van der Waals surface area contributed by atoms with Gasteiger partial charge in [-0.2, -0.15) is 0 Å². The van der Waals surface area contributed by atoms with Gasteiger partial charge in [0.1, 0.15) is 0 Å². The van der Waals surface area contributed by atoms with Crippen LogP contribution in [-0.2, 0) is 0 Å². The highest BCUT2D eigenvalue weighted by Crippen LogP contribution is 2.29. The first-order valence-electron chi connectivity index (χ1n) is 7.00. The van der Waals surface area contributed by atoms with Crippen LogP contribution in [0.3, 0.4) is 0 Å². The molecule has 0 radical (unpaired) electrons. The molecule has 2 rings (SSSR count). The van der Waals surface area contributed by atoms with Crippen molar-refractivity contribution in [2.75, 3.05) is 0 Å². The van der Waals surface area contributed by atoms with Gasteiger partial charge in [-0.15, -0.1) is 11.3 Å². The Kier molecular flexibility index (Phi) is 6.79. The highest BCUT2D eigenvalue weighted by molar-refractivity contribution is 7.09. The van der Waals surface area contributed by atoms with E-state index in [-0.39, 0.29) is 0 Å². The van der Waals surface area contributed by atoms with Crippen molar-refractivity contribution in [2.24, 2.45) is 11.8 Å². The molecular formula is C15H27NS. The Morgan fingerprint density at radius 2 is 1.76 bits per heavy atom. The van der Waals surface area contributed by atoms with Gasteiger partial charge in [-0.05, 0) is 11.8 Å². The zero-order chi connectivity index (χ0) is 12.7. The van der Waals surface area contributed by atoms with E-state index < -0.39 is 0 Å². The fourth-order valence-electron chi connectivity index (χ4n) is 2.32. The number of aromatic nitrogens is 1. The molecule has 1 aromatic heterocycles. The van der Waals surface area contributed by atoms with Crippen LogP contribution in [0.1, 0.15) is 70.7 Å². The Balaban J connectivity index is 0.000000171. The van der Waals surface area contributed by atoms with Crippen LogP contribution in [0.25, 0.3) is 0 Å². The second kappa shape index (κ2) is 7.86. The quantitative estimate of drug-likeness (QED) is 0.679. The van der Waals surface area contributed by atoms with Gasteiger partial charge in [-0.25, -0.2) is 4.98 Å². The molecule has 1 fully saturated rings. The smallest absolute Gasteiger partial charge is 0.0950 e. The molecule has 1 nitrogen and oxygen atoms in total. The monoisotopic (exact) mass is 253 g/mol. The number of hydrogen-bond acceptors (Lipinski definition) is 2. The fourth-order valence-corrected chi connectivity index (χ4v) is 2.98. The average molecular weight is 253 g/mol. The molecule has 0 aliphatic heterocycles. The normalized spacial score (nSPS) is 17.1. The third-order valence-corrected chi connectivity index (χ3v) is 4.61. The molecule has 0 N–H and O–H groups in total. The van der Waals surface area contributed by atoms with Gasteiger partial charge >= 0.3 is 0 Å². The number of rotatable bonds is 2. The molecule has 0 aromatic carbocycles. The van der Waals surface area contributed by atoms with E-state index in [1.54, 1.807) is 11.3 Å². The SMILES string of the molecule is CC(C)C1CCCCC1.CC(C)c1nccs1. The first kappa shape index (κ1) is 14.7. The third kappa shape index (κ3) is 5.67. The highest BCUT2D eigenvalue weighted by Gasteiger charge is 2.15. The van der Waals surface area contributed by atoms with E-state index in [1.807, 2.05) is 11.6 Å². The minimum Gasteiger partial charge on any atom is -0.249 e. The Bertz CT molecular complexity index is 271. The van der Waals surface area contributed by atoms with Crippen LogP contribution >= 0.6 is 11.3 Å². The Labute approximate surface area is 111 Å². The lowest BCUT2D eigenvalue weighted by Crippen LogP contribution is -2.12. The van der Waals surface area contributed by atoms with Crippen LogP contribution in [0.2, 0.25) is 0 Å². The van der Waals surface area contributed by atoms with E-state index in [2.05, 4.69) is 32.7 Å². The molecule has 2 heteroatoms. The van der Waals surface area contributed by atoms with Crippen LogP contribution in [-0.4, -0.2) is 4.98 Å². The maximum Gasteiger partial charge on any atom is 0.0950 e. The summed E-state index contributed by atoms with van der Waals surface area (Å²) < 4.78 is 0. The first-order valence-corrected chi connectivity index (χ1v) is 7.88. The maximum absolute atomic E-state index is 4.13. The van der Waals surface area contributed by atoms with Crippen LogP contribution in [0.15, 0.2) is 11.6 Å². The summed E-state index contributed by atoms with van der Waals surface area (Å²) in [6.45, 7) is 9.02. The van der Waals surface area contributed by atoms with E-state index in [0.29, 0.717) is 5.92 Å². The van der Waals surface area contributed by atoms with Crippen molar-refractivity contribution in [3.05, 3.63) is 16.6 Å². The molecular weight excluding hydrogens is 226 g/mol. The minimum absolute atomic E-state index is 0.593. The predicted octanol–water partition coefficient (Wildman–Crippen LogP) is 5.49. The molecule has 0 atom stereocenters. The number of nitrogens with zero attached hydrogens (tertiary/aromatic N) is 1. The highest BCUT2D eigenvalue weighted by atomic mass is 32.1. The summed E-state index contributed by atoms with van der Waals surface area (Å²) in [6.07, 6.45) is 9.31. The molecule has 98 valence electrons. The van der Waals surface area contributed by atoms with Crippen molar-refractivity contribution in [2.45, 2.75) is 65.7 Å². The van der Waals surface area contributed by atoms with E-state index in [0.717, 1.165) is 11.8 Å². The van der Waals surface area contributed by atoms with E-state index in [1.165, 1.54) is 37.1 Å². The lowest BCUT2D eigenvalue weighted by atomic mass is 9.82. The van der Waals surface area contributed by atoms with Gasteiger partial charge < -0.3 is 0 Å². The van der Waals surface area contributed by atoms with Crippen LogP contribution < -0.4 is 0 Å². The molecule has 17 heavy (non-hydrogen) atoms. The second-order valence-electron chi connectivity index (χ2n) is 5.67. The topological polar surface area (TPSA) is 12.9 Å². The summed E-state index contributed by atoms with van der Waals surface area (Å²) in [5, 5.41) is 3.24. The molecule has 0 amide bonds. The van der Waals surface area contributed by atoms with Crippen molar-refractivity contribution in [3.63, 3.8) is 0 Å². The number of thiazole rings is 1. The molecule has 1 aromatic rings. The first-order chi connectivity index (χ1) is 8.11. The summed E-state index contributed by atoms with van der Waals surface area (Å²) in [5.74, 6) is 2.58. The zero-order valence-corrected chi connectivity index (χ0v) is 12.6. The lowest BCUT2D eigenvalue weighted by molar-refractivity contribution is 0.279. The van der Waals surface area contributed by atoms with E-state index in [9.17, 15) is 0 Å². The Morgan fingerprint density at radius 1 is 1.12 bits per heavy atom. The Hall–Kier alpha value is -0.370. The lowest BCUT2D eigenvalue weighted by Gasteiger charge is -2.24. The van der Waals surface area contributed by atoms with Crippen molar-refractivity contribution in [3.8, 4) is 0 Å². The largest absolute Gasteiger partial charge is 0.249 e. The van der Waals surface area contributed by atoms with Gasteiger partial charge in [0.15, 0.2) is 0 Å². The van der Waals surface area contributed by atoms with Crippen LogP contribution in [0.5, 0.6) is 0 Å². The summed E-state index contributed by atoms with van der Waals surface area (Å²) in [7, 11) is 0. The van der Waals surface area contributed by atoms with Gasteiger partial charge in [0.2, 0.25) is 0 Å². The van der Waals surface area contributed by atoms with Crippen molar-refractivity contribution < 1.29 is 0 Å². The van der Waals surface area contributed by atoms with Crippen LogP contribution in [0.4, 0.5) is 0 Å². The Morgan fingerprint density at radius 3 is 2.06 bits per heavy atom. The molecule has 0 bridgehead atoms. The summed E-state index contributed by atoms with van der Waals surface area (Å²) >= 11 is 1.72. The van der Waals surface area contributed by atoms with Gasteiger partial charge in [0, 0.05) is 17.5 Å². The predicted molar refractivity (Wildman–Crippen MR) is 77.6 cm³/mol. The molecule has 0 spiro atoms. The van der Waals surface area contributed by atoms with Gasteiger partial charge in [0.05, 0.1) is 5.01 Å². The average Bonchev–Trinajstić information content (AvgIpc) is 2.84. The summed E-state index contributed by atoms with van der Waals surface area (Å²) in [5.41, 5.74) is 0. The minimum atomic E-state index is 0.593. The molecule has 0 unspecified atom stereocenters. The standard InChI is InChI=1S/C9H18.C6H9NS/c1-8(2)9-6-4-3-5-7-9;1-5(2)6-7-3-4-8-6/h8-9H,3-7H2,1-2H3;3-5H,1-2H3. The zero-order valence-electron chi connectivity index (χ0n) is 11.8. The second-order valence-corrected chi connectivity index (χ2v) is 6.59. The third-order valence-electron chi connectivity index (χ3n) is 3.54.